The minimum absolute atomic E-state index is 0.315. The van der Waals surface area contributed by atoms with Crippen LogP contribution in [0.5, 0.6) is 0 Å². The summed E-state index contributed by atoms with van der Waals surface area (Å²) in [5.41, 5.74) is 3.32. The Morgan fingerprint density at radius 2 is 1.29 bits per heavy atom. The number of nitrogens with zero attached hydrogens (tertiary/aromatic N) is 1. The Balaban J connectivity index is 2.16. The van der Waals surface area contributed by atoms with Gasteiger partial charge in [-0.3, -0.25) is 0 Å². The lowest BCUT2D eigenvalue weighted by molar-refractivity contribution is 0.0527. The fourth-order valence-corrected chi connectivity index (χ4v) is 2.63. The zero-order chi connectivity index (χ0) is 16.8. The number of hydrogen-bond acceptors (Lipinski definition) is 3. The summed E-state index contributed by atoms with van der Waals surface area (Å²) in [6.07, 6.45) is 0. The third kappa shape index (κ3) is 3.30. The lowest BCUT2D eigenvalue weighted by atomic mass is 10.1. The van der Waals surface area contributed by atoms with Gasteiger partial charge in [0.25, 0.3) is 0 Å². The zero-order valence-corrected chi connectivity index (χ0v) is 13.6. The van der Waals surface area contributed by atoms with Gasteiger partial charge in [0, 0.05) is 11.4 Å². The van der Waals surface area contributed by atoms with E-state index in [1.807, 2.05) is 85.8 Å². The molecule has 0 aliphatic carbocycles. The molecule has 0 spiro atoms. The van der Waals surface area contributed by atoms with Crippen LogP contribution in [0.2, 0.25) is 0 Å². The van der Waals surface area contributed by atoms with E-state index >= 15 is 0 Å². The van der Waals surface area contributed by atoms with Gasteiger partial charge in [0.05, 0.1) is 17.9 Å². The van der Waals surface area contributed by atoms with Crippen molar-refractivity contribution in [3.05, 3.63) is 90.5 Å². The Kier molecular flexibility index (Phi) is 4.92. The molecule has 3 rings (SSSR count). The molecule has 3 heteroatoms. The lowest BCUT2D eigenvalue weighted by Crippen LogP contribution is -2.15. The Morgan fingerprint density at radius 3 is 1.83 bits per heavy atom. The number of benzene rings is 3. The van der Waals surface area contributed by atoms with Gasteiger partial charge in [-0.25, -0.2) is 4.79 Å². The molecule has 0 N–H and O–H groups in total. The van der Waals surface area contributed by atoms with E-state index in [0.717, 1.165) is 17.1 Å². The number of rotatable bonds is 5. The fourth-order valence-electron chi connectivity index (χ4n) is 2.63. The Hall–Kier alpha value is -3.07. The van der Waals surface area contributed by atoms with Crippen molar-refractivity contribution >= 4 is 23.0 Å². The van der Waals surface area contributed by atoms with Crippen molar-refractivity contribution in [3.8, 4) is 0 Å². The maximum atomic E-state index is 12.4. The molecule has 0 fully saturated rings. The first-order valence-electron chi connectivity index (χ1n) is 7.97. The largest absolute Gasteiger partial charge is 0.462 e. The van der Waals surface area contributed by atoms with E-state index in [2.05, 4.69) is 4.90 Å². The quantitative estimate of drug-likeness (QED) is 0.595. The van der Waals surface area contributed by atoms with Gasteiger partial charge < -0.3 is 9.64 Å². The topological polar surface area (TPSA) is 29.5 Å². The van der Waals surface area contributed by atoms with Crippen LogP contribution in [0.25, 0.3) is 0 Å². The predicted molar refractivity (Wildman–Crippen MR) is 97.1 cm³/mol. The second-order valence-electron chi connectivity index (χ2n) is 5.24. The number of carbonyl (C=O) groups is 1. The van der Waals surface area contributed by atoms with Crippen LogP contribution in [0.15, 0.2) is 84.9 Å². The number of ether oxygens (including phenoxy) is 1. The normalized spacial score (nSPS) is 10.2. The minimum atomic E-state index is -0.315. The summed E-state index contributed by atoms with van der Waals surface area (Å²) in [4.78, 5) is 14.4. The molecular weight excluding hydrogens is 298 g/mol. The maximum absolute atomic E-state index is 12.4. The maximum Gasteiger partial charge on any atom is 0.340 e. The molecule has 0 amide bonds. The van der Waals surface area contributed by atoms with Crippen LogP contribution in [0.1, 0.15) is 17.3 Å². The molecule has 0 unspecified atom stereocenters. The van der Waals surface area contributed by atoms with Gasteiger partial charge >= 0.3 is 5.97 Å². The second kappa shape index (κ2) is 7.47. The Bertz CT molecular complexity index is 761. The molecule has 24 heavy (non-hydrogen) atoms. The highest BCUT2D eigenvalue weighted by atomic mass is 16.5. The van der Waals surface area contributed by atoms with E-state index < -0.39 is 0 Å². The average Bonchev–Trinajstić information content (AvgIpc) is 2.64. The molecule has 0 bridgehead atoms. The highest BCUT2D eigenvalue weighted by molar-refractivity contribution is 5.98. The zero-order valence-electron chi connectivity index (χ0n) is 13.6. The summed E-state index contributed by atoms with van der Waals surface area (Å²) >= 11 is 0. The van der Waals surface area contributed by atoms with E-state index in [9.17, 15) is 4.79 Å². The first-order chi connectivity index (χ1) is 11.8. The number of para-hydroxylation sites is 3. The smallest absolute Gasteiger partial charge is 0.340 e. The SMILES string of the molecule is CCOC(=O)c1ccccc1N(c1ccccc1)c1ccccc1. The summed E-state index contributed by atoms with van der Waals surface area (Å²) in [6.45, 7) is 2.16. The van der Waals surface area contributed by atoms with Crippen LogP contribution in [0, 0.1) is 0 Å². The van der Waals surface area contributed by atoms with Gasteiger partial charge in [-0.15, -0.1) is 0 Å². The van der Waals surface area contributed by atoms with Gasteiger partial charge in [0.1, 0.15) is 0 Å². The number of anilines is 3. The number of hydrogen-bond donors (Lipinski definition) is 0. The van der Waals surface area contributed by atoms with Crippen molar-refractivity contribution in [2.24, 2.45) is 0 Å². The van der Waals surface area contributed by atoms with Crippen molar-refractivity contribution in [1.82, 2.24) is 0 Å². The van der Waals surface area contributed by atoms with E-state index in [4.69, 9.17) is 4.74 Å². The molecule has 0 aliphatic heterocycles. The first kappa shape index (κ1) is 15.8. The molecule has 3 aromatic carbocycles. The van der Waals surface area contributed by atoms with E-state index in [0.29, 0.717) is 12.2 Å². The molecular formula is C21H19NO2. The minimum Gasteiger partial charge on any atom is -0.462 e. The standard InChI is InChI=1S/C21H19NO2/c1-2-24-21(23)19-15-9-10-16-20(19)22(17-11-5-3-6-12-17)18-13-7-4-8-14-18/h3-16H,2H2,1H3. The highest BCUT2D eigenvalue weighted by Crippen LogP contribution is 2.36. The van der Waals surface area contributed by atoms with Crippen molar-refractivity contribution in [2.45, 2.75) is 6.92 Å². The van der Waals surface area contributed by atoms with Gasteiger partial charge in [0.15, 0.2) is 0 Å². The lowest BCUT2D eigenvalue weighted by Gasteiger charge is -2.27. The summed E-state index contributed by atoms with van der Waals surface area (Å²) in [6, 6.07) is 27.5. The molecule has 0 aliphatic rings. The number of carbonyl (C=O) groups excluding carboxylic acids is 1. The van der Waals surface area contributed by atoms with Crippen molar-refractivity contribution in [2.75, 3.05) is 11.5 Å². The van der Waals surface area contributed by atoms with Crippen LogP contribution in [0.4, 0.5) is 17.1 Å². The van der Waals surface area contributed by atoms with Crippen LogP contribution >= 0.6 is 0 Å². The molecule has 3 nitrogen and oxygen atoms in total. The summed E-state index contributed by atoms with van der Waals surface area (Å²) < 4.78 is 5.22. The second-order valence-corrected chi connectivity index (χ2v) is 5.24. The van der Waals surface area contributed by atoms with Crippen LogP contribution in [0.3, 0.4) is 0 Å². The van der Waals surface area contributed by atoms with Crippen molar-refractivity contribution in [1.29, 1.82) is 0 Å². The molecule has 0 aromatic heterocycles. The fraction of sp³-hybridized carbons (Fsp3) is 0.0952. The summed E-state index contributed by atoms with van der Waals surface area (Å²) in [5.74, 6) is -0.315. The van der Waals surface area contributed by atoms with Gasteiger partial charge in [-0.2, -0.15) is 0 Å². The van der Waals surface area contributed by atoms with Crippen molar-refractivity contribution < 1.29 is 9.53 Å². The monoisotopic (exact) mass is 317 g/mol. The molecule has 0 heterocycles. The molecule has 120 valence electrons. The van der Waals surface area contributed by atoms with Gasteiger partial charge in [-0.1, -0.05) is 48.5 Å². The van der Waals surface area contributed by atoms with E-state index in [1.165, 1.54) is 0 Å². The Morgan fingerprint density at radius 1 is 0.792 bits per heavy atom. The first-order valence-corrected chi connectivity index (χ1v) is 7.97. The van der Waals surface area contributed by atoms with E-state index in [1.54, 1.807) is 6.07 Å². The average molecular weight is 317 g/mol. The molecule has 0 atom stereocenters. The molecule has 0 saturated carbocycles. The summed E-state index contributed by atoms with van der Waals surface area (Å²) in [5, 5.41) is 0. The van der Waals surface area contributed by atoms with Crippen LogP contribution < -0.4 is 4.90 Å². The summed E-state index contributed by atoms with van der Waals surface area (Å²) in [7, 11) is 0. The van der Waals surface area contributed by atoms with Crippen molar-refractivity contribution in [3.63, 3.8) is 0 Å². The number of esters is 1. The third-order valence-corrected chi connectivity index (χ3v) is 3.67. The predicted octanol–water partition coefficient (Wildman–Crippen LogP) is 5.33. The molecule has 3 aromatic rings. The van der Waals surface area contributed by atoms with Crippen LogP contribution in [-0.2, 0) is 4.74 Å². The molecule has 0 saturated heterocycles. The van der Waals surface area contributed by atoms with Crippen LogP contribution in [-0.4, -0.2) is 12.6 Å². The highest BCUT2D eigenvalue weighted by Gasteiger charge is 2.19. The Labute approximate surface area is 142 Å². The van der Waals surface area contributed by atoms with Gasteiger partial charge in [0.2, 0.25) is 0 Å². The molecule has 0 radical (unpaired) electrons. The third-order valence-electron chi connectivity index (χ3n) is 3.67. The van der Waals surface area contributed by atoms with Gasteiger partial charge in [-0.05, 0) is 43.3 Å². The van der Waals surface area contributed by atoms with E-state index in [-0.39, 0.29) is 5.97 Å².